The number of carbonyl (C=O) groups excluding carboxylic acids is 7. The van der Waals surface area contributed by atoms with Crippen molar-refractivity contribution in [2.75, 3.05) is 89.4 Å². The average molecular weight is 1420 g/mol. The Labute approximate surface area is 596 Å². The molecular weight excluding hydrogens is 1320 g/mol. The predicted octanol–water partition coefficient (Wildman–Crippen LogP) is 8.41. The van der Waals surface area contributed by atoms with Gasteiger partial charge in [0.1, 0.15) is 35.9 Å². The Bertz CT molecular complexity index is 3650. The number of cyclic esters (lactones) is 1. The highest BCUT2D eigenvalue weighted by Crippen LogP contribution is 2.46. The van der Waals surface area contributed by atoms with E-state index in [1.165, 1.54) is 17.0 Å². The number of carbonyl (C=O) groups is 7. The number of Topliss-reactive ketones (excluding diaryl/α,β-unsaturated/α-hetero) is 2. The highest BCUT2D eigenvalue weighted by molar-refractivity contribution is 6.39. The van der Waals surface area contributed by atoms with Crippen molar-refractivity contribution in [3.05, 3.63) is 82.7 Å². The highest BCUT2D eigenvalue weighted by atomic mass is 35.5. The lowest BCUT2D eigenvalue weighted by molar-refractivity contribution is -0.292. The van der Waals surface area contributed by atoms with Gasteiger partial charge < -0.3 is 69.2 Å². The summed E-state index contributed by atoms with van der Waals surface area (Å²) in [5.74, 6) is -8.49. The molecule has 5 N–H and O–H groups in total. The van der Waals surface area contributed by atoms with Crippen molar-refractivity contribution < 1.29 is 77.3 Å². The summed E-state index contributed by atoms with van der Waals surface area (Å²) in [5.41, 5.74) is 3.17. The smallest absolute Gasteiger partial charge is 0.308 e. The lowest BCUT2D eigenvalue weighted by Gasteiger charge is -2.46. The number of esters is 1. The number of methoxy groups -OCH3 is 1. The van der Waals surface area contributed by atoms with Gasteiger partial charge in [-0.3, -0.25) is 33.6 Å². The molecule has 550 valence electrons. The van der Waals surface area contributed by atoms with Gasteiger partial charge in [0, 0.05) is 132 Å². The molecule has 1 aliphatic carbocycles. The number of piperazine rings is 2. The number of allylic oxidation sites excluding steroid dienone is 3. The first-order valence-electron chi connectivity index (χ1n) is 36.3. The van der Waals surface area contributed by atoms with E-state index in [9.17, 15) is 54.0 Å². The van der Waals surface area contributed by atoms with Crippen LogP contribution >= 0.6 is 11.6 Å². The number of halogens is 2. The fourth-order valence-corrected chi connectivity index (χ4v) is 16.5. The summed E-state index contributed by atoms with van der Waals surface area (Å²) in [5, 5.41) is 50.5. The van der Waals surface area contributed by atoms with Crippen LogP contribution in [0.1, 0.15) is 143 Å². The highest BCUT2D eigenvalue weighted by Gasteiger charge is 2.55. The van der Waals surface area contributed by atoms with Gasteiger partial charge in [-0.15, -0.1) is 0 Å². The third kappa shape index (κ3) is 17.9. The molecule has 0 radical (unpaired) electrons. The number of nitrogens with one attached hydrogen (secondary N) is 1. The molecule has 1 aromatic heterocycles. The number of amides is 4. The number of nitrogens with zero attached hydrogens (tertiary/aromatic N) is 7. The lowest BCUT2D eigenvalue weighted by Crippen LogP contribution is -2.63. The molecule has 23 nitrogen and oxygen atoms in total. The topological polar surface area (TPSA) is 291 Å². The molecular formula is C76H102ClFN8O15. The van der Waals surface area contributed by atoms with E-state index in [1.807, 2.05) is 50.0 Å². The maximum atomic E-state index is 15.8. The van der Waals surface area contributed by atoms with Gasteiger partial charge >= 0.3 is 5.97 Å². The number of hydrogen-bond donors (Lipinski definition) is 5. The molecule has 3 aromatic rings. The molecule has 7 aliphatic rings. The SMILES string of the molecule is C=CC(=O)N1CCN(c2nc(NCCC(=O)N3CCN(C(=O)CCC[C@@H]4/C=C(\C)C[C@H](C)C[C@H](C)[C@H]5O[C@@](O)(C(=O)C(=O)N6CCCC[C@H]6CC(=O)O[C@H](/C(C)=C/[C@@H]6CC[C@@H](O)[C@H](OC)C6)[C@H](C)[C@@H](O)CC4=O)[C@H](C)C[C@@H]5O)CC3)nc3c4c(c(Cl)cc23)-c2c(F)cccc2OCC=C4)CC1. The number of rotatable bonds is 13. The summed E-state index contributed by atoms with van der Waals surface area (Å²) < 4.78 is 39.8. The molecule has 0 unspecified atom stereocenters. The monoisotopic (exact) mass is 1420 g/mol. The second-order valence-corrected chi connectivity index (χ2v) is 29.6. The van der Waals surface area contributed by atoms with Gasteiger partial charge in [0.25, 0.3) is 11.7 Å². The van der Waals surface area contributed by atoms with Crippen molar-refractivity contribution >= 4 is 81.5 Å². The van der Waals surface area contributed by atoms with E-state index in [-0.39, 0.29) is 110 Å². The normalized spacial score (nSPS) is 30.6. The van der Waals surface area contributed by atoms with Crippen molar-refractivity contribution in [2.45, 2.75) is 186 Å². The van der Waals surface area contributed by atoms with Crippen molar-refractivity contribution in [1.29, 1.82) is 0 Å². The van der Waals surface area contributed by atoms with Crippen LogP contribution in [0.4, 0.5) is 16.2 Å². The zero-order valence-electron chi connectivity index (χ0n) is 59.5. The molecule has 10 rings (SSSR count). The van der Waals surface area contributed by atoms with Crippen LogP contribution in [0, 0.1) is 41.3 Å². The first kappa shape index (κ1) is 76.4. The Morgan fingerprint density at radius 1 is 0.851 bits per heavy atom. The molecule has 25 heteroatoms. The summed E-state index contributed by atoms with van der Waals surface area (Å²) in [6.07, 6.45) is 7.74. The summed E-state index contributed by atoms with van der Waals surface area (Å²) in [6, 6.07) is 5.58. The molecule has 14 atom stereocenters. The van der Waals surface area contributed by atoms with Crippen LogP contribution in [-0.4, -0.2) is 219 Å². The van der Waals surface area contributed by atoms with E-state index in [2.05, 4.69) is 11.9 Å². The number of aliphatic hydroxyl groups excluding tert-OH is 3. The molecule has 4 saturated heterocycles. The quantitative estimate of drug-likeness (QED) is 0.0464. The van der Waals surface area contributed by atoms with Crippen LogP contribution in [0.25, 0.3) is 28.1 Å². The molecule has 5 fully saturated rings. The largest absolute Gasteiger partial charge is 0.489 e. The Morgan fingerprint density at radius 2 is 1.56 bits per heavy atom. The van der Waals surface area contributed by atoms with E-state index < -0.39 is 95.6 Å². The summed E-state index contributed by atoms with van der Waals surface area (Å²) in [6.45, 7) is 17.9. The standard InChI is InChI=1S/C76H102ClFN8O15/c1-9-63(91)82-30-32-85(33-31-82)73-54-42-55(77)67-53(17-14-34-99-61-19-13-18-56(78)68(61)67)69(54)80-75(81-73)79-24-23-65(93)84-28-26-83(27-29-84)64(92)20-12-15-51-37-45(3)35-44(2)36-46(4)71-60(90)39-48(6)76(97,101-71)72(95)74(96)86-25-11-10-16-52(86)41-66(94)100-70(49(7)58(88)43-59(51)89)47(5)38-50-21-22-57(87)62(40-50)98-8/h9,13-14,17-19,37-38,42,44,46,48-52,57-58,60,62,70-71,87-88,90,97H,1,10-12,15-16,20-36,39-41,43H2,2-8H3,(H,79,80,81)/b17-14?,45-37+,47-38+/t44-,46-,48+,49+,50-,51+,52-,57+,58-,60-,62+,70+,71+,76+/m0/s1. The summed E-state index contributed by atoms with van der Waals surface area (Å²) >= 11 is 7.07. The van der Waals surface area contributed by atoms with Crippen LogP contribution in [-0.2, 0) is 47.8 Å². The second-order valence-electron chi connectivity index (χ2n) is 29.2. The minimum Gasteiger partial charge on any atom is -0.489 e. The summed E-state index contributed by atoms with van der Waals surface area (Å²) in [7, 11) is 1.55. The van der Waals surface area contributed by atoms with Gasteiger partial charge in [0.2, 0.25) is 29.5 Å². The van der Waals surface area contributed by atoms with E-state index in [0.29, 0.717) is 149 Å². The van der Waals surface area contributed by atoms with Gasteiger partial charge in [-0.2, -0.15) is 4.98 Å². The molecule has 7 heterocycles. The fourth-order valence-electron chi connectivity index (χ4n) is 16.2. The minimum atomic E-state index is -2.54. The van der Waals surface area contributed by atoms with Crippen LogP contribution in [0.2, 0.25) is 5.02 Å². The number of aliphatic hydroxyl groups is 4. The minimum absolute atomic E-state index is 0.00570. The van der Waals surface area contributed by atoms with E-state index in [4.69, 9.17) is 40.5 Å². The number of ether oxygens (including phenoxy) is 4. The third-order valence-electron chi connectivity index (χ3n) is 21.9. The number of hydrogen-bond acceptors (Lipinski definition) is 19. The Hall–Kier alpha value is -7.19. The van der Waals surface area contributed by atoms with Crippen LogP contribution < -0.4 is 15.0 Å². The summed E-state index contributed by atoms with van der Waals surface area (Å²) in [4.78, 5) is 117. The van der Waals surface area contributed by atoms with Crippen molar-refractivity contribution in [1.82, 2.24) is 29.6 Å². The van der Waals surface area contributed by atoms with E-state index >= 15 is 4.39 Å². The first-order valence-corrected chi connectivity index (χ1v) is 36.6. The number of anilines is 2. The van der Waals surface area contributed by atoms with Gasteiger partial charge in [-0.25, -0.2) is 9.37 Å². The number of ketones is 2. The van der Waals surface area contributed by atoms with Crippen molar-refractivity contribution in [2.24, 2.45) is 35.5 Å². The zero-order chi connectivity index (χ0) is 72.6. The molecule has 6 aliphatic heterocycles. The van der Waals surface area contributed by atoms with Crippen molar-refractivity contribution in [3.8, 4) is 16.9 Å². The molecule has 4 amide bonds. The average Bonchev–Trinajstić information content (AvgIpc) is 0.747. The maximum Gasteiger partial charge on any atom is 0.308 e. The fraction of sp³-hybridized carbons (Fsp3) is 0.618. The Morgan fingerprint density at radius 3 is 2.28 bits per heavy atom. The van der Waals surface area contributed by atoms with Crippen LogP contribution in [0.15, 0.2) is 66.3 Å². The zero-order valence-corrected chi connectivity index (χ0v) is 60.2. The van der Waals surface area contributed by atoms with Gasteiger partial charge in [-0.1, -0.05) is 75.7 Å². The third-order valence-corrected chi connectivity index (χ3v) is 22.2. The van der Waals surface area contributed by atoms with Gasteiger partial charge in [-0.05, 0) is 138 Å². The molecule has 2 bridgehead atoms. The number of fused-ring (bicyclic) bond motifs is 8. The van der Waals surface area contributed by atoms with Crippen LogP contribution in [0.5, 0.6) is 5.75 Å². The van der Waals surface area contributed by atoms with Crippen LogP contribution in [0.3, 0.4) is 0 Å². The lowest BCUT2D eigenvalue weighted by atomic mass is 9.79. The number of piperidine rings is 1. The maximum absolute atomic E-state index is 15.8. The molecule has 101 heavy (non-hydrogen) atoms. The molecule has 1 saturated carbocycles. The molecule has 2 aromatic carbocycles. The van der Waals surface area contributed by atoms with E-state index in [1.54, 1.807) is 60.8 Å². The number of benzene rings is 2. The first-order chi connectivity index (χ1) is 48.3. The Kier molecular flexibility index (Phi) is 25.7. The van der Waals surface area contributed by atoms with Gasteiger partial charge in [0.05, 0.1) is 53.0 Å². The van der Waals surface area contributed by atoms with E-state index in [0.717, 1.165) is 5.57 Å². The molecule has 0 spiro atoms. The Balaban J connectivity index is 0.815. The predicted molar refractivity (Wildman–Crippen MR) is 380 cm³/mol. The number of aromatic nitrogens is 2. The van der Waals surface area contributed by atoms with Gasteiger partial charge in [0.15, 0.2) is 0 Å². The second kappa shape index (κ2) is 33.9. The van der Waals surface area contributed by atoms with Crippen molar-refractivity contribution in [3.63, 3.8) is 0 Å².